The second kappa shape index (κ2) is 10.6. The van der Waals surface area contributed by atoms with Gasteiger partial charge in [0.25, 0.3) is 5.91 Å². The third-order valence-electron chi connectivity index (χ3n) is 6.35. The fraction of sp³-hybridized carbons (Fsp3) is 0.320. The number of benzene rings is 2. The molecule has 178 valence electrons. The van der Waals surface area contributed by atoms with Gasteiger partial charge in [0.1, 0.15) is 12.4 Å². The number of thiazole rings is 1. The van der Waals surface area contributed by atoms with E-state index in [1.165, 1.54) is 40.7 Å². The second-order valence-corrected chi connectivity index (χ2v) is 9.52. The number of rotatable bonds is 6. The minimum atomic E-state index is -0.419. The van der Waals surface area contributed by atoms with Crippen LogP contribution in [0.2, 0.25) is 0 Å². The minimum Gasteiger partial charge on any atom is -0.325 e. The van der Waals surface area contributed by atoms with E-state index in [9.17, 15) is 14.0 Å². The van der Waals surface area contributed by atoms with Crippen LogP contribution in [0.15, 0.2) is 48.0 Å². The molecule has 2 aliphatic heterocycles. The Morgan fingerprint density at radius 2 is 1.94 bits per heavy atom. The maximum Gasteiger partial charge on any atom is 0.255 e. The summed E-state index contributed by atoms with van der Waals surface area (Å²) < 4.78 is 14.9. The van der Waals surface area contributed by atoms with Crippen molar-refractivity contribution in [3.05, 3.63) is 70.5 Å². The summed E-state index contributed by atoms with van der Waals surface area (Å²) >= 11 is 1.30. The van der Waals surface area contributed by atoms with E-state index in [-0.39, 0.29) is 37.3 Å². The molecule has 0 spiro atoms. The maximum atomic E-state index is 14.9. The first-order valence-electron chi connectivity index (χ1n) is 11.2. The van der Waals surface area contributed by atoms with Crippen LogP contribution in [-0.4, -0.2) is 41.3 Å². The molecule has 0 aliphatic carbocycles. The van der Waals surface area contributed by atoms with E-state index in [0.717, 1.165) is 25.1 Å². The van der Waals surface area contributed by atoms with Crippen LogP contribution in [0, 0.1) is 11.7 Å². The molecule has 0 radical (unpaired) electrons. The molecule has 34 heavy (non-hydrogen) atoms. The van der Waals surface area contributed by atoms with Crippen molar-refractivity contribution in [3.8, 4) is 11.1 Å². The van der Waals surface area contributed by atoms with E-state index in [1.807, 2.05) is 12.1 Å². The van der Waals surface area contributed by atoms with Gasteiger partial charge in [0.2, 0.25) is 5.91 Å². The standard InChI is InChI=1S/C25H25FN4O2S.ClH/c26-22-13-19(18-3-1-16(2-4-18)11-17-5-7-27-8-6-17)12-20-21(22)14-30(24(20)32)15-23(31)29-25-28-9-10-33-25;/h1-4,9-10,12-13,17,27H,5-8,11,14-15H2,(H,28,29,31);1H. The Bertz CT molecular complexity index is 1160. The zero-order valence-corrected chi connectivity index (χ0v) is 20.2. The quantitative estimate of drug-likeness (QED) is 0.522. The number of hydrogen-bond donors (Lipinski definition) is 2. The van der Waals surface area contributed by atoms with E-state index >= 15 is 0 Å². The Morgan fingerprint density at radius 3 is 2.65 bits per heavy atom. The summed E-state index contributed by atoms with van der Waals surface area (Å²) in [5.41, 5.74) is 3.49. The average Bonchev–Trinajstić information content (AvgIpc) is 3.44. The number of nitrogens with one attached hydrogen (secondary N) is 2. The number of hydrogen-bond acceptors (Lipinski definition) is 5. The molecule has 2 amide bonds. The van der Waals surface area contributed by atoms with Gasteiger partial charge in [-0.2, -0.15) is 0 Å². The van der Waals surface area contributed by atoms with Crippen molar-refractivity contribution < 1.29 is 14.0 Å². The van der Waals surface area contributed by atoms with Crippen molar-refractivity contribution in [2.45, 2.75) is 25.8 Å². The van der Waals surface area contributed by atoms with Gasteiger partial charge in [-0.1, -0.05) is 24.3 Å². The molecule has 1 fully saturated rings. The highest BCUT2D eigenvalue weighted by atomic mass is 35.5. The zero-order chi connectivity index (χ0) is 22.8. The van der Waals surface area contributed by atoms with Crippen LogP contribution in [0.1, 0.15) is 34.3 Å². The average molecular weight is 501 g/mol. The third kappa shape index (κ3) is 5.29. The van der Waals surface area contributed by atoms with Gasteiger partial charge in [0.15, 0.2) is 5.13 Å². The van der Waals surface area contributed by atoms with E-state index < -0.39 is 5.82 Å². The number of carbonyl (C=O) groups is 2. The predicted molar refractivity (Wildman–Crippen MR) is 134 cm³/mol. The molecule has 0 atom stereocenters. The summed E-state index contributed by atoms with van der Waals surface area (Å²) in [6, 6.07) is 11.4. The lowest BCUT2D eigenvalue weighted by Gasteiger charge is -2.22. The summed E-state index contributed by atoms with van der Waals surface area (Å²) in [6.45, 7) is 2.09. The van der Waals surface area contributed by atoms with Gasteiger partial charge < -0.3 is 15.5 Å². The van der Waals surface area contributed by atoms with Crippen LogP contribution in [0.25, 0.3) is 11.1 Å². The van der Waals surface area contributed by atoms with Crippen LogP contribution in [0.5, 0.6) is 0 Å². The summed E-state index contributed by atoms with van der Waals surface area (Å²) in [5, 5.41) is 8.28. The van der Waals surface area contributed by atoms with Crippen molar-refractivity contribution in [1.29, 1.82) is 0 Å². The number of amides is 2. The smallest absolute Gasteiger partial charge is 0.255 e. The van der Waals surface area contributed by atoms with Gasteiger partial charge in [-0.05, 0) is 67.1 Å². The highest BCUT2D eigenvalue weighted by Gasteiger charge is 2.32. The van der Waals surface area contributed by atoms with E-state index in [4.69, 9.17) is 0 Å². The molecule has 2 aromatic carbocycles. The number of anilines is 1. The van der Waals surface area contributed by atoms with Crippen LogP contribution >= 0.6 is 23.7 Å². The normalized spacial score (nSPS) is 15.7. The number of piperidine rings is 1. The third-order valence-corrected chi connectivity index (χ3v) is 7.03. The fourth-order valence-electron chi connectivity index (χ4n) is 4.59. The first-order chi connectivity index (χ1) is 16.1. The molecule has 3 aromatic rings. The predicted octanol–water partition coefficient (Wildman–Crippen LogP) is 4.51. The largest absolute Gasteiger partial charge is 0.325 e. The molecule has 3 heterocycles. The number of carbonyl (C=O) groups excluding carboxylic acids is 2. The van der Waals surface area contributed by atoms with Crippen molar-refractivity contribution in [2.75, 3.05) is 25.0 Å². The molecule has 1 saturated heterocycles. The first kappa shape index (κ1) is 24.3. The van der Waals surface area contributed by atoms with Gasteiger partial charge in [-0.25, -0.2) is 9.37 Å². The molecule has 9 heteroatoms. The molecule has 0 saturated carbocycles. The van der Waals surface area contributed by atoms with Crippen molar-refractivity contribution in [2.24, 2.45) is 5.92 Å². The first-order valence-corrected chi connectivity index (χ1v) is 12.1. The number of fused-ring (bicyclic) bond motifs is 1. The summed E-state index contributed by atoms with van der Waals surface area (Å²) in [5.74, 6) is -0.401. The second-order valence-electron chi connectivity index (χ2n) is 8.63. The Kier molecular flexibility index (Phi) is 7.60. The highest BCUT2D eigenvalue weighted by Crippen LogP contribution is 2.31. The Balaban J connectivity index is 0.00000274. The SMILES string of the molecule is Cl.O=C(CN1Cc2c(F)cc(-c3ccc(CC4CCNCC4)cc3)cc2C1=O)Nc1nccs1. The molecule has 0 bridgehead atoms. The van der Waals surface area contributed by atoms with Gasteiger partial charge in [0.05, 0.1) is 6.54 Å². The molecular formula is C25H26ClFN4O2S. The number of nitrogens with zero attached hydrogens (tertiary/aromatic N) is 2. The molecule has 0 unspecified atom stereocenters. The lowest BCUT2D eigenvalue weighted by atomic mass is 9.90. The highest BCUT2D eigenvalue weighted by molar-refractivity contribution is 7.13. The number of aromatic nitrogens is 1. The van der Waals surface area contributed by atoms with Crippen molar-refractivity contribution in [1.82, 2.24) is 15.2 Å². The summed E-state index contributed by atoms with van der Waals surface area (Å²) in [4.78, 5) is 30.6. The monoisotopic (exact) mass is 500 g/mol. The zero-order valence-electron chi connectivity index (χ0n) is 18.6. The van der Waals surface area contributed by atoms with Gasteiger partial charge in [-0.3, -0.25) is 9.59 Å². The van der Waals surface area contributed by atoms with Crippen LogP contribution < -0.4 is 10.6 Å². The Morgan fingerprint density at radius 1 is 1.18 bits per heavy atom. The van der Waals surface area contributed by atoms with Crippen molar-refractivity contribution >= 4 is 40.7 Å². The molecule has 2 N–H and O–H groups in total. The molecule has 1 aromatic heterocycles. The number of halogens is 2. The molecule has 2 aliphatic rings. The van der Waals surface area contributed by atoms with E-state index in [2.05, 4.69) is 27.8 Å². The lowest BCUT2D eigenvalue weighted by Crippen LogP contribution is -2.33. The van der Waals surface area contributed by atoms with Crippen molar-refractivity contribution in [3.63, 3.8) is 0 Å². The Labute approximate surface area is 208 Å². The van der Waals surface area contributed by atoms with Crippen LogP contribution in [0.3, 0.4) is 0 Å². The molecule has 6 nitrogen and oxygen atoms in total. The summed E-state index contributed by atoms with van der Waals surface area (Å²) in [6.07, 6.45) is 5.03. The van der Waals surface area contributed by atoms with Gasteiger partial charge in [0, 0.05) is 22.7 Å². The van der Waals surface area contributed by atoms with Crippen LogP contribution in [-0.2, 0) is 17.8 Å². The van der Waals surface area contributed by atoms with E-state index in [0.29, 0.717) is 27.7 Å². The molecular weight excluding hydrogens is 475 g/mol. The lowest BCUT2D eigenvalue weighted by molar-refractivity contribution is -0.116. The topological polar surface area (TPSA) is 74.3 Å². The van der Waals surface area contributed by atoms with Crippen LogP contribution in [0.4, 0.5) is 9.52 Å². The molecule has 5 rings (SSSR count). The van der Waals surface area contributed by atoms with E-state index in [1.54, 1.807) is 17.6 Å². The Hall–Kier alpha value is -2.81. The van der Waals surface area contributed by atoms with Gasteiger partial charge >= 0.3 is 0 Å². The van der Waals surface area contributed by atoms with Gasteiger partial charge in [-0.15, -0.1) is 23.7 Å². The summed E-state index contributed by atoms with van der Waals surface area (Å²) in [7, 11) is 0. The fourth-order valence-corrected chi connectivity index (χ4v) is 5.13. The minimum absolute atomic E-state index is 0. The maximum absolute atomic E-state index is 14.9.